The Kier molecular flexibility index (Phi) is 37.5. The first-order valence-corrected chi connectivity index (χ1v) is 23.2. The molecule has 3 atom stereocenters. The third kappa shape index (κ3) is 38.3. The molecular weight excluding hydrogens is 733 g/mol. The zero-order chi connectivity index (χ0) is 41.4. The number of nitrogens with one attached hydrogen (secondary N) is 1. The Hall–Kier alpha value is -2.56. The molecule has 0 spiro atoms. The number of carbonyl (C=O) groups is 3. The van der Waals surface area contributed by atoms with Gasteiger partial charge >= 0.3 is 19.8 Å². The van der Waals surface area contributed by atoms with E-state index in [2.05, 4.69) is 67.8 Å². The van der Waals surface area contributed by atoms with Gasteiger partial charge in [0.05, 0.1) is 13.2 Å². The zero-order valence-electron chi connectivity index (χ0n) is 34.9. The number of aliphatic carboxylic acids is 1. The van der Waals surface area contributed by atoms with Gasteiger partial charge in [-0.05, 0) is 57.8 Å². The van der Waals surface area contributed by atoms with Crippen molar-refractivity contribution in [2.45, 2.75) is 193 Å². The van der Waals surface area contributed by atoms with Crippen LogP contribution in [0.25, 0.3) is 0 Å². The van der Waals surface area contributed by atoms with Crippen LogP contribution in [0.5, 0.6) is 0 Å². The van der Waals surface area contributed by atoms with Crippen molar-refractivity contribution >= 4 is 25.7 Å². The number of hydrogen-bond acceptors (Lipinski definition) is 8. The Morgan fingerprint density at radius 3 is 1.50 bits per heavy atom. The molecule has 56 heavy (non-hydrogen) atoms. The Morgan fingerprint density at radius 1 is 0.571 bits per heavy atom. The fourth-order valence-electron chi connectivity index (χ4n) is 5.71. The summed E-state index contributed by atoms with van der Waals surface area (Å²) < 4.78 is 26.8. The Balaban J connectivity index is 3.96. The lowest BCUT2D eigenvalue weighted by Gasteiger charge is -2.18. The second-order valence-corrected chi connectivity index (χ2v) is 16.0. The van der Waals surface area contributed by atoms with Gasteiger partial charge in [-0.3, -0.25) is 18.6 Å². The number of carboxylic acid groups (broad SMARTS) is 1. The van der Waals surface area contributed by atoms with Crippen molar-refractivity contribution in [1.29, 1.82) is 0 Å². The number of rotatable bonds is 40. The first-order chi connectivity index (χ1) is 27.1. The van der Waals surface area contributed by atoms with Crippen molar-refractivity contribution in [3.05, 3.63) is 48.6 Å². The van der Waals surface area contributed by atoms with Crippen LogP contribution >= 0.6 is 7.82 Å². The number of hydrogen-bond donors (Lipinski definition) is 4. The minimum absolute atomic E-state index is 0.123. The second-order valence-electron chi connectivity index (χ2n) is 14.5. The van der Waals surface area contributed by atoms with Crippen molar-refractivity contribution in [2.75, 3.05) is 19.8 Å². The molecule has 0 saturated carbocycles. The average molecular weight is 812 g/mol. The highest BCUT2D eigenvalue weighted by Crippen LogP contribution is 2.43. The zero-order valence-corrected chi connectivity index (χ0v) is 35.8. The summed E-state index contributed by atoms with van der Waals surface area (Å²) in [4.78, 5) is 45.8. The summed E-state index contributed by atoms with van der Waals surface area (Å²) >= 11 is 0. The topological polar surface area (TPSA) is 169 Å². The van der Waals surface area contributed by atoms with Crippen LogP contribution in [0.15, 0.2) is 48.6 Å². The third-order valence-corrected chi connectivity index (χ3v) is 10.1. The van der Waals surface area contributed by atoms with Crippen molar-refractivity contribution < 1.29 is 47.8 Å². The number of esters is 1. The Morgan fingerprint density at radius 2 is 0.982 bits per heavy atom. The summed E-state index contributed by atoms with van der Waals surface area (Å²) in [5.41, 5.74) is 0. The molecule has 0 fully saturated rings. The molecule has 1 amide bonds. The summed E-state index contributed by atoms with van der Waals surface area (Å²) in [5.74, 6) is -2.40. The van der Waals surface area contributed by atoms with Crippen LogP contribution in [0.4, 0.5) is 0 Å². The standard InChI is InChI=1S/C44H78NO10P/c1-3-5-7-9-11-13-15-16-17-18-19-20-21-22-23-24-26-27-29-31-33-35-42(47)45-41(44(49)50)39-55-56(51,52)54-38-40(46)37-53-43(48)36-34-32-30-28-25-14-12-10-8-6-4-2/h11,13,16-17,19-20,22-23,40-41,46H,3-10,12,14-15,18,21,24-39H2,1-2H3,(H,45,47)(H,49,50)(H,51,52)/b13-11-,17-16-,20-19-,23-22-. The molecule has 0 aliphatic rings. The molecule has 0 aliphatic carbocycles. The van der Waals surface area contributed by atoms with Crippen molar-refractivity contribution in [1.82, 2.24) is 5.32 Å². The van der Waals surface area contributed by atoms with E-state index < -0.39 is 57.6 Å². The molecule has 0 radical (unpaired) electrons. The van der Waals surface area contributed by atoms with E-state index in [9.17, 15) is 34.1 Å². The second kappa shape index (κ2) is 39.3. The summed E-state index contributed by atoms with van der Waals surface area (Å²) in [6, 6.07) is -1.56. The predicted octanol–water partition coefficient (Wildman–Crippen LogP) is 11.0. The number of carboxylic acids is 1. The molecule has 0 bridgehead atoms. The fourth-order valence-corrected chi connectivity index (χ4v) is 6.48. The van der Waals surface area contributed by atoms with Gasteiger partial charge < -0.3 is 25.2 Å². The van der Waals surface area contributed by atoms with E-state index in [0.717, 1.165) is 70.6 Å². The number of aliphatic hydroxyl groups is 1. The first-order valence-electron chi connectivity index (χ1n) is 21.7. The predicted molar refractivity (Wildman–Crippen MR) is 226 cm³/mol. The highest BCUT2D eigenvalue weighted by Gasteiger charge is 2.28. The molecule has 0 aromatic heterocycles. The van der Waals surface area contributed by atoms with Crippen LogP contribution in [0.1, 0.15) is 181 Å². The van der Waals surface area contributed by atoms with Crippen LogP contribution in [-0.4, -0.2) is 64.9 Å². The molecule has 0 heterocycles. The minimum atomic E-state index is -4.76. The van der Waals surface area contributed by atoms with Gasteiger partial charge in [0.2, 0.25) is 5.91 Å². The molecule has 324 valence electrons. The molecular formula is C44H78NO10P. The van der Waals surface area contributed by atoms with Gasteiger partial charge in [-0.1, -0.05) is 159 Å². The van der Waals surface area contributed by atoms with Crippen molar-refractivity contribution in [2.24, 2.45) is 0 Å². The van der Waals surface area contributed by atoms with E-state index in [1.807, 2.05) is 0 Å². The van der Waals surface area contributed by atoms with E-state index in [1.54, 1.807) is 0 Å². The number of allylic oxidation sites excluding steroid dienone is 8. The lowest BCUT2D eigenvalue weighted by molar-refractivity contribution is -0.147. The summed E-state index contributed by atoms with van der Waals surface area (Å²) in [6.07, 6.45) is 42.8. The monoisotopic (exact) mass is 812 g/mol. The number of amides is 1. The highest BCUT2D eigenvalue weighted by atomic mass is 31.2. The molecule has 0 aromatic carbocycles. The maximum atomic E-state index is 12.3. The normalized spacial score (nSPS) is 14.2. The van der Waals surface area contributed by atoms with E-state index in [4.69, 9.17) is 13.8 Å². The van der Waals surface area contributed by atoms with Gasteiger partial charge in [-0.25, -0.2) is 9.36 Å². The van der Waals surface area contributed by atoms with Crippen molar-refractivity contribution in [3.63, 3.8) is 0 Å². The molecule has 12 heteroatoms. The molecule has 0 rings (SSSR count). The van der Waals surface area contributed by atoms with E-state index >= 15 is 0 Å². The van der Waals surface area contributed by atoms with E-state index in [0.29, 0.717) is 12.8 Å². The lowest BCUT2D eigenvalue weighted by Crippen LogP contribution is -2.43. The fraction of sp³-hybridized carbons (Fsp3) is 0.750. The maximum Gasteiger partial charge on any atom is 0.472 e. The highest BCUT2D eigenvalue weighted by molar-refractivity contribution is 7.47. The van der Waals surface area contributed by atoms with Gasteiger partial charge in [0.1, 0.15) is 12.7 Å². The molecule has 0 aliphatic heterocycles. The third-order valence-electron chi connectivity index (χ3n) is 9.12. The number of aliphatic hydroxyl groups excluding tert-OH is 1. The van der Waals surface area contributed by atoms with Crippen molar-refractivity contribution in [3.8, 4) is 0 Å². The van der Waals surface area contributed by atoms with E-state index in [-0.39, 0.29) is 12.8 Å². The average Bonchev–Trinajstić information content (AvgIpc) is 3.17. The quantitative estimate of drug-likeness (QED) is 0.0202. The smallest absolute Gasteiger partial charge is 0.472 e. The number of carbonyl (C=O) groups excluding carboxylic acids is 2. The molecule has 11 nitrogen and oxygen atoms in total. The Bertz CT molecular complexity index is 1140. The van der Waals surface area contributed by atoms with E-state index in [1.165, 1.54) is 70.6 Å². The first kappa shape index (κ1) is 53.4. The molecule has 3 unspecified atom stereocenters. The SMILES string of the molecule is CCCCC/C=C\C/C=C\C/C=C\C/C=C\CCCCCCCC(=O)NC(COP(=O)(O)OCC(O)COC(=O)CCCCCCCCCCCCC)C(=O)O. The van der Waals surface area contributed by atoms with Crippen LogP contribution in [0.2, 0.25) is 0 Å². The number of phosphoric acid groups is 1. The van der Waals surface area contributed by atoms with Gasteiger partial charge in [0, 0.05) is 12.8 Å². The van der Waals surface area contributed by atoms with Gasteiger partial charge in [-0.2, -0.15) is 0 Å². The number of ether oxygens (including phenoxy) is 1. The minimum Gasteiger partial charge on any atom is -0.480 e. The van der Waals surface area contributed by atoms with Crippen LogP contribution in [0.3, 0.4) is 0 Å². The Labute approximate surface area is 339 Å². The lowest BCUT2D eigenvalue weighted by atomic mass is 10.1. The van der Waals surface area contributed by atoms with Gasteiger partial charge in [0.25, 0.3) is 0 Å². The summed E-state index contributed by atoms with van der Waals surface area (Å²) in [5, 5.41) is 21.8. The molecule has 4 N–H and O–H groups in total. The van der Waals surface area contributed by atoms with Crippen LogP contribution in [0, 0.1) is 0 Å². The largest absolute Gasteiger partial charge is 0.480 e. The number of phosphoric ester groups is 1. The van der Waals surface area contributed by atoms with Gasteiger partial charge in [-0.15, -0.1) is 0 Å². The number of unbranched alkanes of at least 4 members (excludes halogenated alkanes) is 18. The molecule has 0 aromatic rings. The van der Waals surface area contributed by atoms with Crippen LogP contribution in [-0.2, 0) is 32.7 Å². The summed E-state index contributed by atoms with van der Waals surface area (Å²) in [7, 11) is -4.76. The summed E-state index contributed by atoms with van der Waals surface area (Å²) in [6.45, 7) is 2.53. The van der Waals surface area contributed by atoms with Gasteiger partial charge in [0.15, 0.2) is 6.04 Å². The maximum absolute atomic E-state index is 12.3. The van der Waals surface area contributed by atoms with Crippen LogP contribution < -0.4 is 5.32 Å². The molecule has 0 saturated heterocycles.